The summed E-state index contributed by atoms with van der Waals surface area (Å²) in [6.07, 6.45) is 3.44. The predicted octanol–water partition coefficient (Wildman–Crippen LogP) is 6.02. The van der Waals surface area contributed by atoms with Crippen molar-refractivity contribution in [3.05, 3.63) is 67.1 Å². The van der Waals surface area contributed by atoms with Crippen molar-refractivity contribution in [1.29, 1.82) is 0 Å². The molecule has 1 N–H and O–H groups in total. The third-order valence-electron chi connectivity index (χ3n) is 5.61. The van der Waals surface area contributed by atoms with Crippen molar-refractivity contribution in [3.8, 4) is 11.5 Å². The van der Waals surface area contributed by atoms with Crippen LogP contribution in [0.4, 0.5) is 5.69 Å². The zero-order chi connectivity index (χ0) is 22.1. The summed E-state index contributed by atoms with van der Waals surface area (Å²) in [4.78, 5) is 17.2. The van der Waals surface area contributed by atoms with Crippen molar-refractivity contribution in [3.63, 3.8) is 0 Å². The number of hydrogen-bond acceptors (Lipinski definition) is 4. The Kier molecular flexibility index (Phi) is 5.49. The molecular weight excluding hydrogens is 420 g/mol. The zero-order valence-electron chi connectivity index (χ0n) is 18.0. The van der Waals surface area contributed by atoms with Crippen LogP contribution in [0.25, 0.3) is 33.3 Å². The maximum Gasteiger partial charge on any atom is 0.234 e. The van der Waals surface area contributed by atoms with E-state index in [-0.39, 0.29) is 11.7 Å². The smallest absolute Gasteiger partial charge is 0.234 e. The van der Waals surface area contributed by atoms with Crippen LogP contribution in [0.2, 0.25) is 0 Å². The van der Waals surface area contributed by atoms with Gasteiger partial charge in [0.2, 0.25) is 5.91 Å². The van der Waals surface area contributed by atoms with Crippen LogP contribution in [0.5, 0.6) is 0 Å². The zero-order valence-corrected chi connectivity index (χ0v) is 18.9. The number of rotatable bonds is 7. The van der Waals surface area contributed by atoms with E-state index in [9.17, 15) is 4.79 Å². The van der Waals surface area contributed by atoms with E-state index in [1.807, 2.05) is 18.2 Å². The molecule has 162 valence electrons. The van der Waals surface area contributed by atoms with Gasteiger partial charge < -0.3 is 18.9 Å². The van der Waals surface area contributed by atoms with Crippen molar-refractivity contribution in [2.24, 2.45) is 0 Å². The van der Waals surface area contributed by atoms with Gasteiger partial charge >= 0.3 is 0 Å². The Morgan fingerprint density at radius 2 is 1.81 bits per heavy atom. The number of anilines is 1. The largest absolute Gasteiger partial charge is 0.463 e. The van der Waals surface area contributed by atoms with E-state index in [1.54, 1.807) is 12.5 Å². The summed E-state index contributed by atoms with van der Waals surface area (Å²) in [6, 6.07) is 18.3. The molecule has 5 rings (SSSR count). The quantitative estimate of drug-likeness (QED) is 0.312. The first-order chi connectivity index (χ1) is 15.7. The predicted molar refractivity (Wildman–Crippen MR) is 130 cm³/mol. The molecule has 3 heterocycles. The van der Waals surface area contributed by atoms with Crippen molar-refractivity contribution < 1.29 is 9.21 Å². The number of carbonyl (C=O) groups excluding carboxylic acids is 1. The molecule has 7 heteroatoms. The van der Waals surface area contributed by atoms with Gasteiger partial charge in [0.25, 0.3) is 0 Å². The van der Waals surface area contributed by atoms with Gasteiger partial charge in [-0.15, -0.1) is 0 Å². The summed E-state index contributed by atoms with van der Waals surface area (Å²) in [5, 5.41) is 6.19. The molecule has 0 spiro atoms. The van der Waals surface area contributed by atoms with E-state index < -0.39 is 0 Å². The number of benzene rings is 2. The number of furan rings is 1. The number of aromatic nitrogens is 3. The van der Waals surface area contributed by atoms with Gasteiger partial charge in [-0.3, -0.25) is 4.79 Å². The van der Waals surface area contributed by atoms with E-state index >= 15 is 0 Å². The monoisotopic (exact) mass is 444 g/mol. The average Bonchev–Trinajstić information content (AvgIpc) is 3.54. The number of aryl methyl sites for hydroxylation is 1. The fourth-order valence-electron chi connectivity index (χ4n) is 4.20. The second kappa shape index (κ2) is 8.59. The van der Waals surface area contributed by atoms with Crippen LogP contribution in [0.3, 0.4) is 0 Å². The van der Waals surface area contributed by atoms with Crippen LogP contribution in [-0.2, 0) is 17.9 Å². The third kappa shape index (κ3) is 3.58. The molecule has 5 aromatic rings. The van der Waals surface area contributed by atoms with Crippen molar-refractivity contribution >= 4 is 45.2 Å². The molecule has 6 nitrogen and oxygen atoms in total. The minimum Gasteiger partial charge on any atom is -0.463 e. The molecule has 1 amide bonds. The van der Waals surface area contributed by atoms with E-state index in [0.717, 1.165) is 40.8 Å². The number of nitrogens with zero attached hydrogens (tertiary/aromatic N) is 3. The summed E-state index contributed by atoms with van der Waals surface area (Å²) in [7, 11) is 0. The average molecular weight is 445 g/mol. The summed E-state index contributed by atoms with van der Waals surface area (Å²) >= 11 is 1.43. The summed E-state index contributed by atoms with van der Waals surface area (Å²) in [5.41, 5.74) is 4.11. The van der Waals surface area contributed by atoms with Crippen molar-refractivity contribution in [2.45, 2.75) is 32.1 Å². The molecule has 0 unspecified atom stereocenters. The molecule has 3 aromatic heterocycles. The van der Waals surface area contributed by atoms with Crippen molar-refractivity contribution in [1.82, 2.24) is 14.1 Å². The maximum absolute atomic E-state index is 12.7. The molecule has 0 radical (unpaired) electrons. The summed E-state index contributed by atoms with van der Waals surface area (Å²) in [6.45, 7) is 5.85. The van der Waals surface area contributed by atoms with Crippen molar-refractivity contribution in [2.75, 3.05) is 11.1 Å². The Morgan fingerprint density at radius 1 is 1.00 bits per heavy atom. The van der Waals surface area contributed by atoms with Crippen LogP contribution < -0.4 is 5.32 Å². The Bertz CT molecular complexity index is 1400. The first-order valence-corrected chi connectivity index (χ1v) is 11.7. The molecule has 0 fully saturated rings. The fourth-order valence-corrected chi connectivity index (χ4v) is 5.04. The maximum atomic E-state index is 12.7. The lowest BCUT2D eigenvalue weighted by atomic mass is 10.1. The molecule has 0 aliphatic heterocycles. The molecule has 0 aliphatic carbocycles. The number of carbonyl (C=O) groups is 1. The Labute approximate surface area is 190 Å². The van der Waals surface area contributed by atoms with Crippen LogP contribution in [0.1, 0.15) is 13.8 Å². The molecular formula is C25H24N4O2S. The topological polar surface area (TPSA) is 65.0 Å². The van der Waals surface area contributed by atoms with Gasteiger partial charge in [-0.05, 0) is 50.2 Å². The lowest BCUT2D eigenvalue weighted by Gasteiger charge is -2.09. The van der Waals surface area contributed by atoms with Gasteiger partial charge in [-0.25, -0.2) is 4.98 Å². The van der Waals surface area contributed by atoms with Gasteiger partial charge in [0.05, 0.1) is 18.2 Å². The lowest BCUT2D eigenvalue weighted by Crippen LogP contribution is -2.14. The highest BCUT2D eigenvalue weighted by molar-refractivity contribution is 7.99. The lowest BCUT2D eigenvalue weighted by molar-refractivity contribution is -0.113. The van der Waals surface area contributed by atoms with Crippen LogP contribution in [0.15, 0.2) is 76.6 Å². The number of fused-ring (bicyclic) bond motifs is 3. The van der Waals surface area contributed by atoms with E-state index in [1.165, 1.54) is 28.2 Å². The number of hydrogen-bond donors (Lipinski definition) is 1. The Balaban J connectivity index is 1.33. The van der Waals surface area contributed by atoms with Crippen LogP contribution in [-0.4, -0.2) is 25.8 Å². The van der Waals surface area contributed by atoms with Gasteiger partial charge in [0.1, 0.15) is 5.69 Å². The molecule has 0 saturated carbocycles. The minimum atomic E-state index is -0.0567. The van der Waals surface area contributed by atoms with Gasteiger partial charge in [-0.1, -0.05) is 30.0 Å². The van der Waals surface area contributed by atoms with E-state index in [2.05, 4.69) is 69.7 Å². The van der Waals surface area contributed by atoms with Crippen LogP contribution >= 0.6 is 11.8 Å². The number of amides is 1. The molecule has 0 bridgehead atoms. The van der Waals surface area contributed by atoms with Gasteiger partial charge in [-0.2, -0.15) is 0 Å². The third-order valence-corrected chi connectivity index (χ3v) is 6.60. The van der Waals surface area contributed by atoms with Gasteiger partial charge in [0.15, 0.2) is 10.9 Å². The molecule has 0 saturated heterocycles. The van der Waals surface area contributed by atoms with Crippen LogP contribution in [0, 0.1) is 0 Å². The first-order valence-electron chi connectivity index (χ1n) is 10.7. The first kappa shape index (κ1) is 20.5. The Hall–Kier alpha value is -3.45. The second-order valence-electron chi connectivity index (χ2n) is 7.48. The highest BCUT2D eigenvalue weighted by atomic mass is 32.2. The van der Waals surface area contributed by atoms with Gasteiger partial charge in [0, 0.05) is 40.6 Å². The minimum absolute atomic E-state index is 0.0567. The normalized spacial score (nSPS) is 11.4. The molecule has 32 heavy (non-hydrogen) atoms. The standard InChI is InChI=1S/C25H24N4O2S/c1-3-28-20-9-6-5-8-18(20)19-14-17(11-12-21(19)28)27-24(30)16-32-25-26-15-22(29(25)4-2)23-10-7-13-31-23/h5-15H,3-4,16H2,1-2H3,(H,27,30). The Morgan fingerprint density at radius 3 is 2.59 bits per heavy atom. The SMILES string of the molecule is CCn1c(-c2ccco2)cnc1SCC(=O)Nc1ccc2c(c1)c1ccccc1n2CC. The summed E-state index contributed by atoms with van der Waals surface area (Å²) in [5.74, 6) is 0.998. The summed E-state index contributed by atoms with van der Waals surface area (Å²) < 4.78 is 9.86. The number of imidazole rings is 1. The highest BCUT2D eigenvalue weighted by Gasteiger charge is 2.15. The van der Waals surface area contributed by atoms with E-state index in [4.69, 9.17) is 4.42 Å². The number of para-hydroxylation sites is 1. The molecule has 0 atom stereocenters. The number of thioether (sulfide) groups is 1. The number of nitrogens with one attached hydrogen (secondary N) is 1. The second-order valence-corrected chi connectivity index (χ2v) is 8.42. The molecule has 2 aromatic carbocycles. The molecule has 0 aliphatic rings. The van der Waals surface area contributed by atoms with E-state index in [0.29, 0.717) is 0 Å². The fraction of sp³-hybridized carbons (Fsp3) is 0.200. The highest BCUT2D eigenvalue weighted by Crippen LogP contribution is 2.31.